The van der Waals surface area contributed by atoms with Gasteiger partial charge in [-0.25, -0.2) is 0 Å². The molecule has 94 valence electrons. The van der Waals surface area contributed by atoms with Crippen molar-refractivity contribution >= 4 is 0 Å². The molecule has 2 heterocycles. The van der Waals surface area contributed by atoms with Crippen molar-refractivity contribution in [2.75, 3.05) is 7.05 Å². The van der Waals surface area contributed by atoms with Gasteiger partial charge in [-0.2, -0.15) is 5.26 Å². The van der Waals surface area contributed by atoms with Gasteiger partial charge in [-0.3, -0.25) is 5.32 Å². The number of nitrogens with zero attached hydrogens (tertiary/aromatic N) is 2. The smallest absolute Gasteiger partial charge is 0.109 e. The fourth-order valence-electron chi connectivity index (χ4n) is 4.17. The van der Waals surface area contributed by atoms with Gasteiger partial charge >= 0.3 is 0 Å². The predicted molar refractivity (Wildman–Crippen MR) is 67.5 cm³/mol. The number of nitriles is 1. The first-order valence-corrected chi connectivity index (χ1v) is 7.13. The van der Waals surface area contributed by atoms with E-state index < -0.39 is 0 Å². The predicted octanol–water partition coefficient (Wildman–Crippen LogP) is 2.04. The second-order valence-electron chi connectivity index (χ2n) is 6.28. The van der Waals surface area contributed by atoms with Crippen molar-refractivity contribution < 1.29 is 0 Å². The first-order valence-electron chi connectivity index (χ1n) is 7.13. The molecule has 3 rings (SSSR count). The van der Waals surface area contributed by atoms with Crippen molar-refractivity contribution in [1.82, 2.24) is 10.2 Å². The third-order valence-electron chi connectivity index (χ3n) is 5.20. The number of rotatable bonds is 2. The Hall–Kier alpha value is -0.590. The Morgan fingerprint density at radius 1 is 1.12 bits per heavy atom. The lowest BCUT2D eigenvalue weighted by molar-refractivity contribution is 0.112. The molecule has 3 fully saturated rings. The molecule has 0 radical (unpaired) electrons. The van der Waals surface area contributed by atoms with Crippen LogP contribution in [0.1, 0.15) is 51.4 Å². The topological polar surface area (TPSA) is 39.1 Å². The highest BCUT2D eigenvalue weighted by atomic mass is 15.2. The maximum absolute atomic E-state index is 9.62. The molecule has 0 aromatic heterocycles. The van der Waals surface area contributed by atoms with Crippen molar-refractivity contribution in [3.05, 3.63) is 0 Å². The largest absolute Gasteiger partial charge is 0.300 e. The maximum atomic E-state index is 9.62. The second-order valence-corrected chi connectivity index (χ2v) is 6.28. The fraction of sp³-hybridized carbons (Fsp3) is 0.929. The SMILES string of the molecule is CN1C2CCC1CC(C#N)(NC1CCCC1)C2. The molecule has 2 bridgehead atoms. The average molecular weight is 233 g/mol. The molecule has 1 N–H and O–H groups in total. The van der Waals surface area contributed by atoms with Crippen LogP contribution in [0.25, 0.3) is 0 Å². The van der Waals surface area contributed by atoms with E-state index in [1.165, 1.54) is 38.5 Å². The third kappa shape index (κ3) is 1.98. The van der Waals surface area contributed by atoms with E-state index in [1.54, 1.807) is 0 Å². The zero-order valence-corrected chi connectivity index (χ0v) is 10.8. The van der Waals surface area contributed by atoms with Gasteiger partial charge in [0.2, 0.25) is 0 Å². The van der Waals surface area contributed by atoms with Crippen LogP contribution in [0.15, 0.2) is 0 Å². The first kappa shape index (κ1) is 11.5. The highest BCUT2D eigenvalue weighted by Crippen LogP contribution is 2.40. The van der Waals surface area contributed by atoms with Gasteiger partial charge in [0.05, 0.1) is 6.07 Å². The van der Waals surface area contributed by atoms with Crippen LogP contribution in [0, 0.1) is 11.3 Å². The minimum Gasteiger partial charge on any atom is -0.300 e. The molecule has 0 aromatic carbocycles. The normalized spacial score (nSPS) is 42.8. The van der Waals surface area contributed by atoms with Crippen LogP contribution in [0.4, 0.5) is 0 Å². The van der Waals surface area contributed by atoms with E-state index in [-0.39, 0.29) is 5.54 Å². The summed E-state index contributed by atoms with van der Waals surface area (Å²) in [7, 11) is 2.24. The van der Waals surface area contributed by atoms with Crippen LogP contribution >= 0.6 is 0 Å². The lowest BCUT2D eigenvalue weighted by Gasteiger charge is -2.43. The lowest BCUT2D eigenvalue weighted by atomic mass is 9.83. The Balaban J connectivity index is 1.73. The quantitative estimate of drug-likeness (QED) is 0.793. The zero-order chi connectivity index (χ0) is 11.9. The Bertz CT molecular complexity index is 313. The molecule has 2 atom stereocenters. The van der Waals surface area contributed by atoms with Crippen molar-refractivity contribution in [2.45, 2.75) is 75.0 Å². The Morgan fingerprint density at radius 2 is 1.71 bits per heavy atom. The van der Waals surface area contributed by atoms with Gasteiger partial charge in [0.1, 0.15) is 5.54 Å². The van der Waals surface area contributed by atoms with Crippen molar-refractivity contribution in [3.63, 3.8) is 0 Å². The van der Waals surface area contributed by atoms with E-state index in [9.17, 15) is 5.26 Å². The fourth-order valence-corrected chi connectivity index (χ4v) is 4.17. The average Bonchev–Trinajstić information content (AvgIpc) is 2.88. The van der Waals surface area contributed by atoms with Crippen molar-refractivity contribution in [1.29, 1.82) is 5.26 Å². The molecule has 3 aliphatic rings. The van der Waals surface area contributed by atoms with E-state index in [0.29, 0.717) is 18.1 Å². The summed E-state index contributed by atoms with van der Waals surface area (Å²) >= 11 is 0. The van der Waals surface area contributed by atoms with E-state index in [2.05, 4.69) is 23.3 Å². The highest BCUT2D eigenvalue weighted by molar-refractivity contribution is 5.16. The molecule has 2 aliphatic heterocycles. The van der Waals surface area contributed by atoms with Gasteiger partial charge in [0.15, 0.2) is 0 Å². The number of hydrogen-bond donors (Lipinski definition) is 1. The summed E-state index contributed by atoms with van der Waals surface area (Å²) in [5.41, 5.74) is -0.215. The van der Waals surface area contributed by atoms with Gasteiger partial charge in [-0.15, -0.1) is 0 Å². The molecule has 2 unspecified atom stereocenters. The third-order valence-corrected chi connectivity index (χ3v) is 5.20. The molecule has 1 saturated carbocycles. The summed E-state index contributed by atoms with van der Waals surface area (Å²) < 4.78 is 0. The van der Waals surface area contributed by atoms with Crippen LogP contribution in [0.3, 0.4) is 0 Å². The van der Waals surface area contributed by atoms with Crippen molar-refractivity contribution in [2.24, 2.45) is 0 Å². The minimum atomic E-state index is -0.215. The molecule has 0 aromatic rings. The van der Waals surface area contributed by atoms with E-state index >= 15 is 0 Å². The number of hydrogen-bond acceptors (Lipinski definition) is 3. The Kier molecular flexibility index (Phi) is 2.88. The monoisotopic (exact) mass is 233 g/mol. The van der Waals surface area contributed by atoms with Crippen LogP contribution < -0.4 is 5.32 Å². The summed E-state index contributed by atoms with van der Waals surface area (Å²) in [4.78, 5) is 2.51. The van der Waals surface area contributed by atoms with Gasteiger partial charge in [-0.1, -0.05) is 12.8 Å². The van der Waals surface area contributed by atoms with Crippen LogP contribution in [0.2, 0.25) is 0 Å². The standard InChI is InChI=1S/C14H23N3/c1-17-12-6-7-13(17)9-14(8-12,10-15)16-11-4-2-3-5-11/h11-13,16H,2-9H2,1H3. The summed E-state index contributed by atoms with van der Waals surface area (Å²) in [5.74, 6) is 0. The van der Waals surface area contributed by atoms with E-state index in [1.807, 2.05) is 0 Å². The summed E-state index contributed by atoms with van der Waals surface area (Å²) in [6.45, 7) is 0. The first-order chi connectivity index (χ1) is 8.22. The molecule has 17 heavy (non-hydrogen) atoms. The van der Waals surface area contributed by atoms with Crippen LogP contribution in [0.5, 0.6) is 0 Å². The van der Waals surface area contributed by atoms with Crippen LogP contribution in [-0.2, 0) is 0 Å². The molecule has 0 amide bonds. The molecule has 2 saturated heterocycles. The molecule has 0 spiro atoms. The lowest BCUT2D eigenvalue weighted by Crippen LogP contribution is -2.58. The number of piperidine rings is 1. The van der Waals surface area contributed by atoms with E-state index in [4.69, 9.17) is 0 Å². The van der Waals surface area contributed by atoms with Gasteiger partial charge in [-0.05, 0) is 45.6 Å². The van der Waals surface area contributed by atoms with Crippen molar-refractivity contribution in [3.8, 4) is 6.07 Å². The molecular weight excluding hydrogens is 210 g/mol. The van der Waals surface area contributed by atoms with Gasteiger partial charge in [0, 0.05) is 18.1 Å². The number of nitrogens with one attached hydrogen (secondary N) is 1. The van der Waals surface area contributed by atoms with Crippen LogP contribution in [-0.4, -0.2) is 35.6 Å². The molecule has 3 heteroatoms. The highest BCUT2D eigenvalue weighted by Gasteiger charge is 2.47. The second kappa shape index (κ2) is 4.26. The molecule has 1 aliphatic carbocycles. The minimum absolute atomic E-state index is 0.215. The summed E-state index contributed by atoms with van der Waals surface area (Å²) in [6.07, 6.45) is 9.87. The zero-order valence-electron chi connectivity index (χ0n) is 10.8. The maximum Gasteiger partial charge on any atom is 0.109 e. The molecule has 3 nitrogen and oxygen atoms in total. The number of fused-ring (bicyclic) bond motifs is 2. The van der Waals surface area contributed by atoms with Gasteiger partial charge in [0.25, 0.3) is 0 Å². The molecular formula is C14H23N3. The Morgan fingerprint density at radius 3 is 2.24 bits per heavy atom. The van der Waals surface area contributed by atoms with Gasteiger partial charge < -0.3 is 4.90 Å². The van der Waals surface area contributed by atoms with E-state index in [0.717, 1.165) is 12.8 Å². The summed E-state index contributed by atoms with van der Waals surface area (Å²) in [6, 6.07) is 4.52. The summed E-state index contributed by atoms with van der Waals surface area (Å²) in [5, 5.41) is 13.3. The Labute approximate surface area is 104 Å².